The van der Waals surface area contributed by atoms with E-state index in [2.05, 4.69) is 12.2 Å². The van der Waals surface area contributed by atoms with Gasteiger partial charge in [-0.05, 0) is 43.4 Å². The molecule has 2 N–H and O–H groups in total. The minimum atomic E-state index is -0.561. The van der Waals surface area contributed by atoms with Crippen molar-refractivity contribution in [2.75, 3.05) is 6.54 Å². The molecule has 0 aliphatic heterocycles. The van der Waals surface area contributed by atoms with Gasteiger partial charge in [-0.15, -0.1) is 0 Å². The van der Waals surface area contributed by atoms with E-state index >= 15 is 0 Å². The van der Waals surface area contributed by atoms with Gasteiger partial charge in [0.1, 0.15) is 5.82 Å². The van der Waals surface area contributed by atoms with Crippen molar-refractivity contribution in [1.29, 1.82) is 0 Å². The van der Waals surface area contributed by atoms with Crippen molar-refractivity contribution in [2.45, 2.75) is 44.8 Å². The Morgan fingerprint density at radius 3 is 2.50 bits per heavy atom. The zero-order valence-electron chi connectivity index (χ0n) is 10.9. The second-order valence-electron chi connectivity index (χ2n) is 5.31. The standard InChI is InChI=1S/C15H22FNO/c1-11(12-4-2-3-5-12)17-10-15(18)13-6-8-14(16)9-7-13/h6-9,11-12,15,17-18H,2-5,10H2,1H3. The minimum absolute atomic E-state index is 0.266. The van der Waals surface area contributed by atoms with Crippen LogP contribution in [0.5, 0.6) is 0 Å². The first-order chi connectivity index (χ1) is 8.66. The predicted octanol–water partition coefficient (Wildman–Crippen LogP) is 3.03. The fourth-order valence-electron chi connectivity index (χ4n) is 2.72. The first-order valence-electron chi connectivity index (χ1n) is 6.83. The van der Waals surface area contributed by atoms with Crippen LogP contribution in [0.1, 0.15) is 44.3 Å². The fourth-order valence-corrected chi connectivity index (χ4v) is 2.72. The summed E-state index contributed by atoms with van der Waals surface area (Å²) in [7, 11) is 0. The second kappa shape index (κ2) is 6.30. The molecule has 18 heavy (non-hydrogen) atoms. The lowest BCUT2D eigenvalue weighted by Crippen LogP contribution is -2.35. The highest BCUT2D eigenvalue weighted by molar-refractivity contribution is 5.18. The Kier molecular flexibility index (Phi) is 4.72. The van der Waals surface area contributed by atoms with Gasteiger partial charge in [0.15, 0.2) is 0 Å². The van der Waals surface area contributed by atoms with Gasteiger partial charge in [0.2, 0.25) is 0 Å². The van der Waals surface area contributed by atoms with E-state index in [0.29, 0.717) is 12.6 Å². The number of nitrogens with one attached hydrogen (secondary N) is 1. The summed E-state index contributed by atoms with van der Waals surface area (Å²) in [6, 6.07) is 6.50. The molecule has 1 fully saturated rings. The molecule has 0 heterocycles. The fraction of sp³-hybridized carbons (Fsp3) is 0.600. The van der Waals surface area contributed by atoms with Crippen molar-refractivity contribution in [1.82, 2.24) is 5.32 Å². The van der Waals surface area contributed by atoms with Crippen LogP contribution in [0.15, 0.2) is 24.3 Å². The number of hydrogen-bond donors (Lipinski definition) is 2. The van der Waals surface area contributed by atoms with E-state index in [1.54, 1.807) is 12.1 Å². The highest BCUT2D eigenvalue weighted by Gasteiger charge is 2.21. The van der Waals surface area contributed by atoms with Gasteiger partial charge in [-0.3, -0.25) is 0 Å². The number of rotatable bonds is 5. The molecule has 1 saturated carbocycles. The molecule has 2 atom stereocenters. The maximum Gasteiger partial charge on any atom is 0.123 e. The summed E-state index contributed by atoms with van der Waals surface area (Å²) in [5.74, 6) is 0.476. The van der Waals surface area contributed by atoms with E-state index < -0.39 is 6.10 Å². The first-order valence-corrected chi connectivity index (χ1v) is 6.83. The molecule has 1 aromatic carbocycles. The van der Waals surface area contributed by atoms with Gasteiger partial charge < -0.3 is 10.4 Å². The topological polar surface area (TPSA) is 32.3 Å². The molecule has 0 spiro atoms. The lowest BCUT2D eigenvalue weighted by Gasteiger charge is -2.22. The third-order valence-corrected chi connectivity index (χ3v) is 3.99. The van der Waals surface area contributed by atoms with Gasteiger partial charge in [-0.2, -0.15) is 0 Å². The van der Waals surface area contributed by atoms with Gasteiger partial charge >= 0.3 is 0 Å². The molecule has 2 nitrogen and oxygen atoms in total. The number of aliphatic hydroxyl groups excluding tert-OH is 1. The summed E-state index contributed by atoms with van der Waals surface area (Å²) in [5.41, 5.74) is 0.766. The Morgan fingerprint density at radius 1 is 1.28 bits per heavy atom. The Balaban J connectivity index is 1.80. The first kappa shape index (κ1) is 13.5. The van der Waals surface area contributed by atoms with Gasteiger partial charge in [-0.1, -0.05) is 25.0 Å². The van der Waals surface area contributed by atoms with Crippen LogP contribution in [-0.2, 0) is 0 Å². The number of hydrogen-bond acceptors (Lipinski definition) is 2. The summed E-state index contributed by atoms with van der Waals surface area (Å²) in [4.78, 5) is 0. The van der Waals surface area contributed by atoms with Gasteiger partial charge in [0, 0.05) is 12.6 Å². The molecule has 0 saturated heterocycles. The summed E-state index contributed by atoms with van der Waals surface area (Å²) in [6.45, 7) is 2.72. The third-order valence-electron chi connectivity index (χ3n) is 3.99. The van der Waals surface area contributed by atoms with Crippen LogP contribution in [0.4, 0.5) is 4.39 Å². The lowest BCUT2D eigenvalue weighted by molar-refractivity contribution is 0.165. The van der Waals surface area contributed by atoms with E-state index in [0.717, 1.165) is 11.5 Å². The van der Waals surface area contributed by atoms with Crippen LogP contribution in [0.2, 0.25) is 0 Å². The normalized spacial score (nSPS) is 19.9. The predicted molar refractivity (Wildman–Crippen MR) is 70.8 cm³/mol. The van der Waals surface area contributed by atoms with Crippen LogP contribution in [0.25, 0.3) is 0 Å². The van der Waals surface area contributed by atoms with E-state index in [1.165, 1.54) is 37.8 Å². The van der Waals surface area contributed by atoms with Gasteiger partial charge in [-0.25, -0.2) is 4.39 Å². The molecule has 0 radical (unpaired) electrons. The van der Waals surface area contributed by atoms with Crippen LogP contribution in [-0.4, -0.2) is 17.7 Å². The van der Waals surface area contributed by atoms with Crippen LogP contribution < -0.4 is 5.32 Å². The lowest BCUT2D eigenvalue weighted by atomic mass is 9.99. The highest BCUT2D eigenvalue weighted by Crippen LogP contribution is 2.27. The quantitative estimate of drug-likeness (QED) is 0.843. The third kappa shape index (κ3) is 3.53. The van der Waals surface area contributed by atoms with Crippen LogP contribution in [0.3, 0.4) is 0 Å². The molecule has 0 bridgehead atoms. The molecule has 1 aliphatic carbocycles. The smallest absolute Gasteiger partial charge is 0.123 e. The maximum atomic E-state index is 12.8. The van der Waals surface area contributed by atoms with E-state index in [4.69, 9.17) is 0 Å². The molecule has 1 aliphatic rings. The zero-order valence-corrected chi connectivity index (χ0v) is 10.9. The molecule has 100 valence electrons. The Labute approximate surface area is 108 Å². The molecular formula is C15H22FNO. The van der Waals surface area contributed by atoms with Gasteiger partial charge in [0.25, 0.3) is 0 Å². The van der Waals surface area contributed by atoms with Gasteiger partial charge in [0.05, 0.1) is 6.10 Å². The van der Waals surface area contributed by atoms with E-state index in [-0.39, 0.29) is 5.82 Å². The SMILES string of the molecule is CC(NCC(O)c1ccc(F)cc1)C1CCCC1. The van der Waals surface area contributed by atoms with E-state index in [9.17, 15) is 9.50 Å². The summed E-state index contributed by atoms with van der Waals surface area (Å²) >= 11 is 0. The summed E-state index contributed by atoms with van der Waals surface area (Å²) in [6.07, 6.45) is 4.69. The molecule has 0 amide bonds. The van der Waals surface area contributed by atoms with Crippen molar-refractivity contribution >= 4 is 0 Å². The van der Waals surface area contributed by atoms with Crippen molar-refractivity contribution < 1.29 is 9.50 Å². The minimum Gasteiger partial charge on any atom is -0.387 e. The maximum absolute atomic E-state index is 12.8. The molecule has 3 heteroatoms. The second-order valence-corrected chi connectivity index (χ2v) is 5.31. The molecule has 2 unspecified atom stereocenters. The average Bonchev–Trinajstić information content (AvgIpc) is 2.90. The molecular weight excluding hydrogens is 229 g/mol. The number of halogens is 1. The summed E-state index contributed by atoms with van der Waals surface area (Å²) in [5, 5.41) is 13.4. The number of aliphatic hydroxyl groups is 1. The highest BCUT2D eigenvalue weighted by atomic mass is 19.1. The molecule has 2 rings (SSSR count). The Hall–Kier alpha value is -0.930. The van der Waals surface area contributed by atoms with Crippen molar-refractivity contribution in [2.24, 2.45) is 5.92 Å². The molecule has 0 aromatic heterocycles. The van der Waals surface area contributed by atoms with E-state index in [1.807, 2.05) is 0 Å². The largest absolute Gasteiger partial charge is 0.387 e. The average molecular weight is 251 g/mol. The monoisotopic (exact) mass is 251 g/mol. The zero-order chi connectivity index (χ0) is 13.0. The number of benzene rings is 1. The Bertz CT molecular complexity index is 359. The Morgan fingerprint density at radius 2 is 1.89 bits per heavy atom. The summed E-state index contributed by atoms with van der Waals surface area (Å²) < 4.78 is 12.8. The van der Waals surface area contributed by atoms with Crippen molar-refractivity contribution in [3.8, 4) is 0 Å². The van der Waals surface area contributed by atoms with Crippen LogP contribution in [0, 0.1) is 11.7 Å². The molecule has 1 aromatic rings. The van der Waals surface area contributed by atoms with Crippen LogP contribution >= 0.6 is 0 Å². The van der Waals surface area contributed by atoms with Crippen molar-refractivity contribution in [3.05, 3.63) is 35.6 Å². The van der Waals surface area contributed by atoms with Crippen molar-refractivity contribution in [3.63, 3.8) is 0 Å².